The van der Waals surface area contributed by atoms with E-state index in [1.807, 2.05) is 12.1 Å². The van der Waals surface area contributed by atoms with Gasteiger partial charge in [0.1, 0.15) is 5.82 Å². The summed E-state index contributed by atoms with van der Waals surface area (Å²) in [6.07, 6.45) is 3.18. The van der Waals surface area contributed by atoms with Crippen LogP contribution in [0.25, 0.3) is 0 Å². The maximum Gasteiger partial charge on any atom is 0.308 e. The van der Waals surface area contributed by atoms with Gasteiger partial charge in [-0.05, 0) is 96.5 Å². The summed E-state index contributed by atoms with van der Waals surface area (Å²) in [4.78, 5) is 19.2. The largest absolute Gasteiger partial charge is 0.477 e. The summed E-state index contributed by atoms with van der Waals surface area (Å²) in [5.41, 5.74) is 4.33. The van der Waals surface area contributed by atoms with Crippen molar-refractivity contribution in [2.45, 2.75) is 39.0 Å². The maximum atomic E-state index is 12.9. The van der Waals surface area contributed by atoms with Crippen LogP contribution >= 0.6 is 22.6 Å². The number of amides is 1. The SMILES string of the molecule is CC#CC(=O)N(c1ccc2c(n1)OCC2)c1cc(C)c(I)cc1C1CC1. The van der Waals surface area contributed by atoms with Crippen LogP contribution in [0.15, 0.2) is 24.3 Å². The Labute approximate surface area is 167 Å². The van der Waals surface area contributed by atoms with Crippen LogP contribution in [0.1, 0.15) is 42.4 Å². The number of aryl methyl sites for hydroxylation is 1. The van der Waals surface area contributed by atoms with Gasteiger partial charge >= 0.3 is 5.91 Å². The van der Waals surface area contributed by atoms with Crippen LogP contribution in [-0.4, -0.2) is 17.5 Å². The molecule has 1 aliphatic carbocycles. The standard InChI is InChI=1S/C21H19IN2O2/c1-3-4-20(25)24(19-8-7-15-9-10-26-21(15)23-19)18-11-13(2)17(22)12-16(18)14-5-6-14/h7-8,11-12,14H,5-6,9-10H2,1-2H3. The van der Waals surface area contributed by atoms with Gasteiger partial charge in [0.2, 0.25) is 5.88 Å². The Kier molecular flexibility index (Phi) is 4.62. The van der Waals surface area contributed by atoms with Crippen LogP contribution in [0.4, 0.5) is 11.5 Å². The molecule has 4 rings (SSSR count). The second-order valence-electron chi connectivity index (χ2n) is 6.68. The summed E-state index contributed by atoms with van der Waals surface area (Å²) >= 11 is 2.36. The Morgan fingerprint density at radius 2 is 2.15 bits per heavy atom. The topological polar surface area (TPSA) is 42.4 Å². The molecule has 0 unspecified atom stereocenters. The number of ether oxygens (including phenoxy) is 1. The summed E-state index contributed by atoms with van der Waals surface area (Å²) in [7, 11) is 0. The second-order valence-corrected chi connectivity index (χ2v) is 7.84. The van der Waals surface area contributed by atoms with Gasteiger partial charge in [-0.1, -0.05) is 5.92 Å². The minimum atomic E-state index is -0.263. The van der Waals surface area contributed by atoms with Crippen molar-refractivity contribution >= 4 is 40.0 Å². The summed E-state index contributed by atoms with van der Waals surface area (Å²) in [5.74, 6) is 6.85. The average Bonchev–Trinajstić information content (AvgIpc) is 3.35. The highest BCUT2D eigenvalue weighted by atomic mass is 127. The molecule has 132 valence electrons. The van der Waals surface area contributed by atoms with Gasteiger partial charge in [-0.25, -0.2) is 0 Å². The molecule has 0 saturated heterocycles. The molecular weight excluding hydrogens is 439 g/mol. The minimum Gasteiger partial charge on any atom is -0.477 e. The number of fused-ring (bicyclic) bond motifs is 1. The summed E-state index contributed by atoms with van der Waals surface area (Å²) < 4.78 is 6.83. The molecule has 1 saturated carbocycles. The summed E-state index contributed by atoms with van der Waals surface area (Å²) in [5, 5.41) is 0. The highest BCUT2D eigenvalue weighted by Crippen LogP contribution is 2.46. The molecule has 1 aliphatic heterocycles. The third-order valence-corrected chi connectivity index (χ3v) is 5.93. The van der Waals surface area contributed by atoms with E-state index in [4.69, 9.17) is 4.74 Å². The first-order chi connectivity index (χ1) is 12.6. The summed E-state index contributed by atoms with van der Waals surface area (Å²) in [6.45, 7) is 4.39. The van der Waals surface area contributed by atoms with Crippen LogP contribution in [0, 0.1) is 22.3 Å². The van der Waals surface area contributed by atoms with Crippen molar-refractivity contribution in [3.8, 4) is 17.7 Å². The predicted octanol–water partition coefficient (Wildman–Crippen LogP) is 4.49. The van der Waals surface area contributed by atoms with Crippen LogP contribution in [0.5, 0.6) is 5.88 Å². The normalized spacial score (nSPS) is 14.9. The first kappa shape index (κ1) is 17.3. The van der Waals surface area contributed by atoms with Crippen LogP contribution in [-0.2, 0) is 11.2 Å². The van der Waals surface area contributed by atoms with Gasteiger partial charge in [0.25, 0.3) is 0 Å². The number of aromatic nitrogens is 1. The number of pyridine rings is 1. The smallest absolute Gasteiger partial charge is 0.308 e. The lowest BCUT2D eigenvalue weighted by atomic mass is 10.0. The Morgan fingerprint density at radius 3 is 2.88 bits per heavy atom. The molecule has 26 heavy (non-hydrogen) atoms. The monoisotopic (exact) mass is 458 g/mol. The van der Waals surface area contributed by atoms with Crippen molar-refractivity contribution in [1.29, 1.82) is 0 Å². The molecule has 0 atom stereocenters. The molecule has 2 aromatic rings. The van der Waals surface area contributed by atoms with Crippen molar-refractivity contribution in [1.82, 2.24) is 4.98 Å². The van der Waals surface area contributed by atoms with E-state index >= 15 is 0 Å². The highest BCUT2D eigenvalue weighted by Gasteiger charge is 2.31. The van der Waals surface area contributed by atoms with Crippen LogP contribution < -0.4 is 9.64 Å². The van der Waals surface area contributed by atoms with Gasteiger partial charge < -0.3 is 4.74 Å². The van der Waals surface area contributed by atoms with Gasteiger partial charge in [-0.2, -0.15) is 4.98 Å². The van der Waals surface area contributed by atoms with E-state index in [9.17, 15) is 4.79 Å². The molecule has 1 fully saturated rings. The Morgan fingerprint density at radius 1 is 1.35 bits per heavy atom. The molecule has 0 bridgehead atoms. The number of carbonyl (C=O) groups excluding carboxylic acids is 1. The number of nitrogens with zero attached hydrogens (tertiary/aromatic N) is 2. The predicted molar refractivity (Wildman–Crippen MR) is 110 cm³/mol. The van der Waals surface area contributed by atoms with Crippen LogP contribution in [0.3, 0.4) is 0 Å². The lowest BCUT2D eigenvalue weighted by molar-refractivity contribution is -0.112. The highest BCUT2D eigenvalue weighted by molar-refractivity contribution is 14.1. The quantitative estimate of drug-likeness (QED) is 0.503. The lowest BCUT2D eigenvalue weighted by Gasteiger charge is -2.24. The second kappa shape index (κ2) is 6.92. The van der Waals surface area contributed by atoms with Crippen molar-refractivity contribution in [3.63, 3.8) is 0 Å². The minimum absolute atomic E-state index is 0.263. The van der Waals surface area contributed by atoms with Gasteiger partial charge in [0.05, 0.1) is 12.3 Å². The lowest BCUT2D eigenvalue weighted by Crippen LogP contribution is -2.26. The molecule has 2 aliphatic rings. The van der Waals surface area contributed by atoms with Crippen molar-refractivity contribution in [2.24, 2.45) is 0 Å². The zero-order valence-corrected chi connectivity index (χ0v) is 17.0. The molecular formula is C21H19IN2O2. The first-order valence-corrected chi connectivity index (χ1v) is 9.86. The number of halogens is 1. The third-order valence-electron chi connectivity index (χ3n) is 4.76. The molecule has 1 amide bonds. The number of benzene rings is 1. The zero-order chi connectivity index (χ0) is 18.3. The average molecular weight is 458 g/mol. The van der Waals surface area contributed by atoms with E-state index in [0.717, 1.165) is 36.1 Å². The zero-order valence-electron chi connectivity index (χ0n) is 14.8. The Bertz CT molecular complexity index is 954. The van der Waals surface area contributed by atoms with Crippen molar-refractivity contribution < 1.29 is 9.53 Å². The first-order valence-electron chi connectivity index (χ1n) is 8.78. The molecule has 1 aromatic heterocycles. The fourth-order valence-electron chi connectivity index (χ4n) is 3.25. The van der Waals surface area contributed by atoms with E-state index in [2.05, 4.69) is 58.5 Å². The Balaban J connectivity index is 1.88. The van der Waals surface area contributed by atoms with Crippen molar-refractivity contribution in [3.05, 3.63) is 44.5 Å². The van der Waals surface area contributed by atoms with E-state index in [1.54, 1.807) is 11.8 Å². The number of carbonyl (C=O) groups is 1. The summed E-state index contributed by atoms with van der Waals surface area (Å²) in [6, 6.07) is 8.18. The molecule has 0 N–H and O–H groups in total. The molecule has 4 nitrogen and oxygen atoms in total. The number of anilines is 2. The Hall–Kier alpha value is -2.07. The van der Waals surface area contributed by atoms with E-state index in [0.29, 0.717) is 24.2 Å². The number of rotatable bonds is 3. The van der Waals surface area contributed by atoms with Gasteiger partial charge in [-0.15, -0.1) is 0 Å². The van der Waals surface area contributed by atoms with Crippen LogP contribution in [0.2, 0.25) is 0 Å². The molecule has 0 radical (unpaired) electrons. The molecule has 2 heterocycles. The van der Waals surface area contributed by atoms with Gasteiger partial charge in [0.15, 0.2) is 0 Å². The van der Waals surface area contributed by atoms with Crippen molar-refractivity contribution in [2.75, 3.05) is 11.5 Å². The van der Waals surface area contributed by atoms with E-state index in [1.165, 1.54) is 9.13 Å². The van der Waals surface area contributed by atoms with Gasteiger partial charge in [-0.3, -0.25) is 9.69 Å². The van der Waals surface area contributed by atoms with E-state index in [-0.39, 0.29) is 5.91 Å². The molecule has 0 spiro atoms. The fourth-order valence-corrected chi connectivity index (χ4v) is 3.74. The molecule has 1 aromatic carbocycles. The third kappa shape index (κ3) is 3.18. The number of hydrogen-bond acceptors (Lipinski definition) is 3. The van der Waals surface area contributed by atoms with Gasteiger partial charge in [0, 0.05) is 15.6 Å². The molecule has 5 heteroatoms. The van der Waals surface area contributed by atoms with E-state index < -0.39 is 0 Å². The fraction of sp³-hybridized carbons (Fsp3) is 0.333. The number of hydrogen-bond donors (Lipinski definition) is 0. The maximum absolute atomic E-state index is 12.9.